The first kappa shape index (κ1) is 11.6. The van der Waals surface area contributed by atoms with Crippen LogP contribution in [0.4, 0.5) is 5.82 Å². The van der Waals surface area contributed by atoms with Crippen LogP contribution in [0.5, 0.6) is 0 Å². The predicted molar refractivity (Wildman–Crippen MR) is 63.2 cm³/mol. The average molecular weight is 237 g/mol. The summed E-state index contributed by atoms with van der Waals surface area (Å²) in [4.78, 5) is 11.3. The highest BCUT2D eigenvalue weighted by molar-refractivity contribution is 5.43. The molecule has 0 aromatic carbocycles. The number of rotatable bonds is 5. The van der Waals surface area contributed by atoms with E-state index in [2.05, 4.69) is 27.5 Å². The second kappa shape index (κ2) is 4.96. The van der Waals surface area contributed by atoms with Gasteiger partial charge in [0.25, 0.3) is 0 Å². The third kappa shape index (κ3) is 2.44. The lowest BCUT2D eigenvalue weighted by Crippen LogP contribution is -2.25. The van der Waals surface area contributed by atoms with Crippen molar-refractivity contribution in [3.63, 3.8) is 0 Å². The molecule has 1 unspecified atom stereocenters. The van der Waals surface area contributed by atoms with Gasteiger partial charge in [0.15, 0.2) is 5.65 Å². The van der Waals surface area contributed by atoms with Crippen LogP contribution < -0.4 is 11.0 Å². The summed E-state index contributed by atoms with van der Waals surface area (Å²) in [5.41, 5.74) is 0.156. The van der Waals surface area contributed by atoms with Gasteiger partial charge in [-0.1, -0.05) is 6.92 Å². The van der Waals surface area contributed by atoms with Crippen LogP contribution in [0.25, 0.3) is 5.65 Å². The Morgan fingerprint density at radius 2 is 2.41 bits per heavy atom. The van der Waals surface area contributed by atoms with Crippen molar-refractivity contribution in [3.05, 3.63) is 22.6 Å². The van der Waals surface area contributed by atoms with Gasteiger partial charge in [0.1, 0.15) is 5.82 Å². The Bertz CT molecular complexity index is 547. The van der Waals surface area contributed by atoms with E-state index in [0.717, 1.165) is 6.42 Å². The molecule has 2 aromatic heterocycles. The normalized spacial score (nSPS) is 12.8. The van der Waals surface area contributed by atoms with E-state index in [1.165, 1.54) is 4.52 Å². The zero-order valence-electron chi connectivity index (χ0n) is 9.80. The molecule has 92 valence electrons. The minimum Gasteiger partial charge on any atom is -0.383 e. The molecule has 2 rings (SSSR count). The standard InChI is InChI=1S/C10H15N5O2/c1-3-7(6-17-2)11-8-4-5-9-12-13-10(16)15(9)14-8/h4-5,7H,3,6H2,1-2H3,(H,11,14)(H,13,16). The summed E-state index contributed by atoms with van der Waals surface area (Å²) in [7, 11) is 1.65. The fourth-order valence-corrected chi connectivity index (χ4v) is 1.55. The molecule has 2 heterocycles. The Hall–Kier alpha value is -1.89. The molecule has 7 heteroatoms. The molecule has 7 nitrogen and oxygen atoms in total. The van der Waals surface area contributed by atoms with Crippen molar-refractivity contribution in [1.82, 2.24) is 19.8 Å². The van der Waals surface area contributed by atoms with Gasteiger partial charge in [0.05, 0.1) is 12.6 Å². The maximum absolute atomic E-state index is 11.3. The van der Waals surface area contributed by atoms with E-state index < -0.39 is 0 Å². The van der Waals surface area contributed by atoms with Crippen molar-refractivity contribution in [1.29, 1.82) is 0 Å². The van der Waals surface area contributed by atoms with Gasteiger partial charge >= 0.3 is 5.69 Å². The molecule has 0 aliphatic heterocycles. The van der Waals surface area contributed by atoms with E-state index in [4.69, 9.17) is 4.74 Å². The van der Waals surface area contributed by atoms with Crippen LogP contribution in [0.1, 0.15) is 13.3 Å². The monoisotopic (exact) mass is 237 g/mol. The SMILES string of the molecule is CCC(COC)Nc1ccc2n[nH]c(=O)n2n1. The summed E-state index contributed by atoms with van der Waals surface area (Å²) in [5, 5.41) is 13.5. The number of fused-ring (bicyclic) bond motifs is 1. The molecule has 0 aliphatic rings. The van der Waals surface area contributed by atoms with Gasteiger partial charge in [-0.2, -0.15) is 9.61 Å². The van der Waals surface area contributed by atoms with E-state index in [9.17, 15) is 4.79 Å². The highest BCUT2D eigenvalue weighted by atomic mass is 16.5. The van der Waals surface area contributed by atoms with Crippen molar-refractivity contribution in [2.75, 3.05) is 19.0 Å². The van der Waals surface area contributed by atoms with E-state index in [-0.39, 0.29) is 11.7 Å². The first-order valence-corrected chi connectivity index (χ1v) is 5.44. The van der Waals surface area contributed by atoms with Crippen LogP contribution in [0.3, 0.4) is 0 Å². The van der Waals surface area contributed by atoms with Crippen LogP contribution in [0.15, 0.2) is 16.9 Å². The lowest BCUT2D eigenvalue weighted by atomic mass is 10.2. The van der Waals surface area contributed by atoms with Gasteiger partial charge in [-0.05, 0) is 18.6 Å². The van der Waals surface area contributed by atoms with E-state index in [0.29, 0.717) is 18.1 Å². The van der Waals surface area contributed by atoms with Gasteiger partial charge in [-0.15, -0.1) is 5.10 Å². The second-order valence-corrected chi connectivity index (χ2v) is 3.72. The summed E-state index contributed by atoms with van der Waals surface area (Å²) < 4.78 is 6.31. The quantitative estimate of drug-likeness (QED) is 0.779. The second-order valence-electron chi connectivity index (χ2n) is 3.72. The molecular formula is C10H15N5O2. The highest BCUT2D eigenvalue weighted by Crippen LogP contribution is 2.06. The Morgan fingerprint density at radius 3 is 3.12 bits per heavy atom. The third-order valence-corrected chi connectivity index (χ3v) is 2.49. The lowest BCUT2D eigenvalue weighted by Gasteiger charge is -2.15. The van der Waals surface area contributed by atoms with Crippen molar-refractivity contribution >= 4 is 11.5 Å². The summed E-state index contributed by atoms with van der Waals surface area (Å²) in [6, 6.07) is 3.69. The highest BCUT2D eigenvalue weighted by Gasteiger charge is 2.08. The molecule has 17 heavy (non-hydrogen) atoms. The average Bonchev–Trinajstić information content (AvgIpc) is 2.70. The van der Waals surface area contributed by atoms with Crippen molar-refractivity contribution in [2.45, 2.75) is 19.4 Å². The Balaban J connectivity index is 2.23. The first-order valence-electron chi connectivity index (χ1n) is 5.44. The molecular weight excluding hydrogens is 222 g/mol. The van der Waals surface area contributed by atoms with Crippen molar-refractivity contribution in [2.24, 2.45) is 0 Å². The molecule has 0 aliphatic carbocycles. The number of H-pyrrole nitrogens is 1. The fraction of sp³-hybridized carbons (Fsp3) is 0.500. The lowest BCUT2D eigenvalue weighted by molar-refractivity contribution is 0.184. The number of nitrogens with one attached hydrogen (secondary N) is 2. The molecule has 0 saturated heterocycles. The molecule has 2 N–H and O–H groups in total. The van der Waals surface area contributed by atoms with Gasteiger partial charge < -0.3 is 10.1 Å². The Morgan fingerprint density at radius 1 is 1.59 bits per heavy atom. The number of nitrogens with zero attached hydrogens (tertiary/aromatic N) is 3. The molecule has 0 bridgehead atoms. The van der Waals surface area contributed by atoms with Crippen LogP contribution in [-0.2, 0) is 4.74 Å². The van der Waals surface area contributed by atoms with Crippen LogP contribution >= 0.6 is 0 Å². The summed E-state index contributed by atoms with van der Waals surface area (Å²) >= 11 is 0. The maximum Gasteiger partial charge on any atom is 0.364 e. The number of methoxy groups -OCH3 is 1. The van der Waals surface area contributed by atoms with Crippen molar-refractivity contribution < 1.29 is 4.74 Å². The molecule has 0 spiro atoms. The summed E-state index contributed by atoms with van der Waals surface area (Å²) in [6.45, 7) is 2.65. The minimum atomic E-state index is -0.344. The first-order chi connectivity index (χ1) is 8.24. The number of hydrogen-bond donors (Lipinski definition) is 2. The number of aromatic nitrogens is 4. The maximum atomic E-state index is 11.3. The van der Waals surface area contributed by atoms with Gasteiger partial charge in [0.2, 0.25) is 0 Å². The Kier molecular flexibility index (Phi) is 3.38. The predicted octanol–water partition coefficient (Wildman–Crippen LogP) is 0.254. The fourth-order valence-electron chi connectivity index (χ4n) is 1.55. The van der Waals surface area contributed by atoms with Crippen LogP contribution in [0.2, 0.25) is 0 Å². The molecule has 0 amide bonds. The Labute approximate surface area is 97.8 Å². The largest absolute Gasteiger partial charge is 0.383 e. The number of ether oxygens (including phenoxy) is 1. The van der Waals surface area contributed by atoms with Gasteiger partial charge in [-0.3, -0.25) is 0 Å². The molecule has 0 saturated carbocycles. The van der Waals surface area contributed by atoms with E-state index >= 15 is 0 Å². The number of aromatic amines is 1. The van der Waals surface area contributed by atoms with Crippen molar-refractivity contribution in [3.8, 4) is 0 Å². The summed E-state index contributed by atoms with van der Waals surface area (Å²) in [6.07, 6.45) is 0.911. The minimum absolute atomic E-state index is 0.174. The molecule has 0 fully saturated rings. The zero-order valence-corrected chi connectivity index (χ0v) is 9.80. The van der Waals surface area contributed by atoms with E-state index in [1.807, 2.05) is 0 Å². The summed E-state index contributed by atoms with van der Waals surface area (Å²) in [5.74, 6) is 0.630. The number of hydrogen-bond acceptors (Lipinski definition) is 5. The zero-order chi connectivity index (χ0) is 12.3. The van der Waals surface area contributed by atoms with Crippen LogP contribution in [0, 0.1) is 0 Å². The molecule has 1 atom stereocenters. The van der Waals surface area contributed by atoms with E-state index in [1.54, 1.807) is 19.2 Å². The smallest absolute Gasteiger partial charge is 0.364 e. The van der Waals surface area contributed by atoms with Gasteiger partial charge in [-0.25, -0.2) is 9.89 Å². The molecule has 2 aromatic rings. The topological polar surface area (TPSA) is 84.3 Å². The van der Waals surface area contributed by atoms with Crippen LogP contribution in [-0.4, -0.2) is 39.6 Å². The number of anilines is 1. The van der Waals surface area contributed by atoms with Gasteiger partial charge in [0, 0.05) is 7.11 Å². The molecule has 0 radical (unpaired) electrons. The third-order valence-electron chi connectivity index (χ3n) is 2.49.